The van der Waals surface area contributed by atoms with E-state index in [9.17, 15) is 0 Å². The number of nitrogens with zero attached hydrogens (tertiary/aromatic N) is 2. The fourth-order valence-electron chi connectivity index (χ4n) is 3.09. The van der Waals surface area contributed by atoms with Crippen molar-refractivity contribution in [3.05, 3.63) is 59.7 Å². The second-order valence-electron chi connectivity index (χ2n) is 5.45. The third-order valence-electron chi connectivity index (χ3n) is 4.04. The largest absolute Gasteiger partial charge is 0.377 e. The third-order valence-corrected chi connectivity index (χ3v) is 4.04. The lowest BCUT2D eigenvalue weighted by molar-refractivity contribution is 0.679. The van der Waals surface area contributed by atoms with Gasteiger partial charge in [-0.2, -0.15) is 0 Å². The van der Waals surface area contributed by atoms with Crippen LogP contribution in [0, 0.1) is 0 Å². The summed E-state index contributed by atoms with van der Waals surface area (Å²) in [6, 6.07) is 17.3. The van der Waals surface area contributed by atoms with E-state index < -0.39 is 0 Å². The van der Waals surface area contributed by atoms with E-state index in [-0.39, 0.29) is 6.04 Å². The average molecular weight is 267 g/mol. The predicted molar refractivity (Wildman–Crippen MR) is 85.2 cm³/mol. The molecule has 1 aliphatic heterocycles. The molecule has 0 saturated carbocycles. The molecule has 3 nitrogen and oxygen atoms in total. The van der Waals surface area contributed by atoms with Gasteiger partial charge in [0, 0.05) is 44.1 Å². The molecule has 1 heterocycles. The molecular formula is C17H21N3. The fraction of sp³-hybridized carbons (Fsp3) is 0.294. The Balaban J connectivity index is 2.05. The van der Waals surface area contributed by atoms with E-state index >= 15 is 0 Å². The highest BCUT2D eigenvalue weighted by atomic mass is 15.2. The molecule has 1 unspecified atom stereocenters. The number of para-hydroxylation sites is 1. The zero-order valence-corrected chi connectivity index (χ0v) is 12.1. The Kier molecular flexibility index (Phi) is 3.36. The summed E-state index contributed by atoms with van der Waals surface area (Å²) in [4.78, 5) is 4.58. The lowest BCUT2D eigenvalue weighted by Gasteiger charge is -2.26. The molecule has 0 fully saturated rings. The van der Waals surface area contributed by atoms with Gasteiger partial charge in [-0.15, -0.1) is 0 Å². The molecule has 0 aliphatic carbocycles. The average Bonchev–Trinajstić information content (AvgIpc) is 2.86. The lowest BCUT2D eigenvalue weighted by Crippen LogP contribution is -2.27. The van der Waals surface area contributed by atoms with E-state index in [1.54, 1.807) is 0 Å². The van der Waals surface area contributed by atoms with Crippen molar-refractivity contribution in [1.82, 2.24) is 0 Å². The van der Waals surface area contributed by atoms with Crippen molar-refractivity contribution in [1.29, 1.82) is 0 Å². The number of fused-ring (bicyclic) bond motifs is 1. The maximum absolute atomic E-state index is 6.05. The highest BCUT2D eigenvalue weighted by molar-refractivity contribution is 5.64. The summed E-state index contributed by atoms with van der Waals surface area (Å²) in [6.45, 7) is 1.56. The van der Waals surface area contributed by atoms with Gasteiger partial charge in [0.15, 0.2) is 0 Å². The maximum Gasteiger partial charge on any atom is 0.0672 e. The Morgan fingerprint density at radius 3 is 2.50 bits per heavy atom. The van der Waals surface area contributed by atoms with E-state index in [4.69, 9.17) is 5.73 Å². The van der Waals surface area contributed by atoms with Gasteiger partial charge >= 0.3 is 0 Å². The van der Waals surface area contributed by atoms with Crippen molar-refractivity contribution in [3.63, 3.8) is 0 Å². The Morgan fingerprint density at radius 2 is 1.85 bits per heavy atom. The Hall–Kier alpha value is -2.00. The maximum atomic E-state index is 6.05. The molecule has 104 valence electrons. The third kappa shape index (κ3) is 2.04. The summed E-state index contributed by atoms with van der Waals surface area (Å²) in [5.74, 6) is 0. The van der Waals surface area contributed by atoms with Crippen molar-refractivity contribution < 1.29 is 0 Å². The van der Waals surface area contributed by atoms with Gasteiger partial charge in [0.25, 0.3) is 0 Å². The minimum absolute atomic E-state index is 0.271. The highest BCUT2D eigenvalue weighted by Crippen LogP contribution is 2.40. The SMILES string of the molecule is CN(C)c1cccc2c1CN(c1ccccc1)C2CN. The van der Waals surface area contributed by atoms with Crippen LogP contribution in [0.4, 0.5) is 11.4 Å². The zero-order chi connectivity index (χ0) is 14.1. The molecule has 0 radical (unpaired) electrons. The van der Waals surface area contributed by atoms with Crippen LogP contribution in [0.25, 0.3) is 0 Å². The predicted octanol–water partition coefficient (Wildman–Crippen LogP) is 2.77. The van der Waals surface area contributed by atoms with E-state index in [0.29, 0.717) is 6.54 Å². The van der Waals surface area contributed by atoms with Crippen LogP contribution in [0.2, 0.25) is 0 Å². The van der Waals surface area contributed by atoms with Crippen molar-refractivity contribution in [2.45, 2.75) is 12.6 Å². The molecule has 20 heavy (non-hydrogen) atoms. The van der Waals surface area contributed by atoms with Crippen LogP contribution in [-0.4, -0.2) is 20.6 Å². The molecule has 1 aliphatic rings. The summed E-state index contributed by atoms with van der Waals surface area (Å²) < 4.78 is 0. The monoisotopic (exact) mass is 267 g/mol. The first-order chi connectivity index (χ1) is 9.72. The number of hydrogen-bond donors (Lipinski definition) is 1. The molecule has 2 N–H and O–H groups in total. The number of nitrogens with two attached hydrogens (primary N) is 1. The topological polar surface area (TPSA) is 32.5 Å². The quantitative estimate of drug-likeness (QED) is 0.928. The molecule has 0 spiro atoms. The standard InChI is InChI=1S/C17H21N3/c1-19(2)16-10-6-9-14-15(16)12-20(17(14)11-18)13-7-4-3-5-8-13/h3-10,17H,11-12,18H2,1-2H3. The van der Waals surface area contributed by atoms with Crippen molar-refractivity contribution in [2.24, 2.45) is 5.73 Å². The molecule has 1 atom stereocenters. The van der Waals surface area contributed by atoms with Crippen LogP contribution in [0.1, 0.15) is 17.2 Å². The van der Waals surface area contributed by atoms with Gasteiger partial charge in [-0.3, -0.25) is 0 Å². The van der Waals surface area contributed by atoms with E-state index in [1.807, 2.05) is 0 Å². The number of benzene rings is 2. The second kappa shape index (κ2) is 5.17. The van der Waals surface area contributed by atoms with Gasteiger partial charge in [-0.05, 0) is 23.8 Å². The molecule has 2 aromatic rings. The van der Waals surface area contributed by atoms with E-state index in [0.717, 1.165) is 6.54 Å². The van der Waals surface area contributed by atoms with Crippen LogP contribution < -0.4 is 15.5 Å². The van der Waals surface area contributed by atoms with Crippen LogP contribution in [-0.2, 0) is 6.54 Å². The second-order valence-corrected chi connectivity index (χ2v) is 5.45. The van der Waals surface area contributed by atoms with Gasteiger partial charge < -0.3 is 15.5 Å². The van der Waals surface area contributed by atoms with Crippen LogP contribution >= 0.6 is 0 Å². The Labute approximate surface area is 120 Å². The summed E-state index contributed by atoms with van der Waals surface area (Å²) in [7, 11) is 4.19. The summed E-state index contributed by atoms with van der Waals surface area (Å²) in [6.07, 6.45) is 0. The Bertz CT molecular complexity index is 592. The zero-order valence-electron chi connectivity index (χ0n) is 12.1. The molecule has 0 saturated heterocycles. The normalized spacial score (nSPS) is 17.1. The molecule has 3 rings (SSSR count). The van der Waals surface area contributed by atoms with Crippen LogP contribution in [0.3, 0.4) is 0 Å². The molecular weight excluding hydrogens is 246 g/mol. The van der Waals surface area contributed by atoms with Gasteiger partial charge in [0.05, 0.1) is 6.04 Å². The summed E-state index contributed by atoms with van der Waals surface area (Å²) >= 11 is 0. The first-order valence-electron chi connectivity index (χ1n) is 7.03. The highest BCUT2D eigenvalue weighted by Gasteiger charge is 2.31. The molecule has 0 aromatic heterocycles. The van der Waals surface area contributed by atoms with Crippen molar-refractivity contribution >= 4 is 11.4 Å². The van der Waals surface area contributed by atoms with Gasteiger partial charge in [-0.25, -0.2) is 0 Å². The minimum atomic E-state index is 0.271. The molecule has 0 amide bonds. The summed E-state index contributed by atoms with van der Waals surface area (Å²) in [5.41, 5.74) is 11.3. The minimum Gasteiger partial charge on any atom is -0.377 e. The van der Waals surface area contributed by atoms with E-state index in [2.05, 4.69) is 72.4 Å². The van der Waals surface area contributed by atoms with Crippen molar-refractivity contribution in [2.75, 3.05) is 30.4 Å². The first-order valence-corrected chi connectivity index (χ1v) is 7.03. The van der Waals surface area contributed by atoms with Gasteiger partial charge in [0.1, 0.15) is 0 Å². The number of hydrogen-bond acceptors (Lipinski definition) is 3. The molecule has 0 bridgehead atoms. The number of anilines is 2. The fourth-order valence-corrected chi connectivity index (χ4v) is 3.09. The van der Waals surface area contributed by atoms with Crippen molar-refractivity contribution in [3.8, 4) is 0 Å². The smallest absolute Gasteiger partial charge is 0.0672 e. The molecule has 2 aromatic carbocycles. The lowest BCUT2D eigenvalue weighted by atomic mass is 10.0. The van der Waals surface area contributed by atoms with Crippen LogP contribution in [0.15, 0.2) is 48.5 Å². The number of rotatable bonds is 3. The summed E-state index contributed by atoms with van der Waals surface area (Å²) in [5, 5.41) is 0. The Morgan fingerprint density at radius 1 is 1.10 bits per heavy atom. The molecule has 3 heteroatoms. The van der Waals surface area contributed by atoms with Crippen LogP contribution in [0.5, 0.6) is 0 Å². The van der Waals surface area contributed by atoms with Gasteiger partial charge in [0.2, 0.25) is 0 Å². The first kappa shape index (κ1) is 13.0. The van der Waals surface area contributed by atoms with E-state index in [1.165, 1.54) is 22.5 Å². The van der Waals surface area contributed by atoms with Gasteiger partial charge in [-0.1, -0.05) is 30.3 Å².